The molecule has 2 bridgehead atoms. The van der Waals surface area contributed by atoms with Gasteiger partial charge in [0.2, 0.25) is 5.79 Å². The number of methoxy groups -OCH3 is 3. The first-order valence-electron chi connectivity index (χ1n) is 23.9. The highest BCUT2D eigenvalue weighted by molar-refractivity contribution is 6.74. The molecule has 0 aromatic rings. The van der Waals surface area contributed by atoms with Crippen molar-refractivity contribution in [1.29, 1.82) is 0 Å². The van der Waals surface area contributed by atoms with Crippen molar-refractivity contribution >= 4 is 31.8 Å². The zero-order valence-corrected chi connectivity index (χ0v) is 42.4. The molecule has 3 fully saturated rings. The molecule has 3 heterocycles. The van der Waals surface area contributed by atoms with Crippen LogP contribution in [0.2, 0.25) is 18.1 Å². The van der Waals surface area contributed by atoms with Crippen LogP contribution in [0.1, 0.15) is 126 Å². The number of nitrogens with zero attached hydrogens (tertiary/aromatic N) is 1. The lowest BCUT2D eigenvalue weighted by atomic mass is 9.81. The Labute approximate surface area is 385 Å². The van der Waals surface area contributed by atoms with E-state index < -0.39 is 86.3 Å². The van der Waals surface area contributed by atoms with Gasteiger partial charge in [0, 0.05) is 46.1 Å². The van der Waals surface area contributed by atoms with E-state index in [9.17, 15) is 29.4 Å². The summed E-state index contributed by atoms with van der Waals surface area (Å²) in [4.78, 5) is 59.7. The normalized spacial score (nSPS) is 38.4. The first kappa shape index (κ1) is 54.0. The molecule has 1 unspecified atom stereocenters. The predicted octanol–water partition coefficient (Wildman–Crippen LogP) is 7.67. The van der Waals surface area contributed by atoms with Crippen molar-refractivity contribution < 1.29 is 57.5 Å². The molecule has 2 saturated heterocycles. The number of cyclic esters (lactones) is 1. The van der Waals surface area contributed by atoms with Crippen molar-refractivity contribution in [3.63, 3.8) is 0 Å². The van der Waals surface area contributed by atoms with E-state index in [4.69, 9.17) is 28.1 Å². The van der Waals surface area contributed by atoms with E-state index in [1.54, 1.807) is 34.3 Å². The molecule has 14 atom stereocenters. The molecule has 13 nitrogen and oxygen atoms in total. The number of Topliss-reactive ketones (excluding diaryl/α,β-unsaturated/α-hetero) is 2. The summed E-state index contributed by atoms with van der Waals surface area (Å²) in [6.45, 7) is 24.5. The number of allylic oxidation sites excluding steroid dienone is 4. The van der Waals surface area contributed by atoms with Crippen LogP contribution in [-0.4, -0.2) is 129 Å². The summed E-state index contributed by atoms with van der Waals surface area (Å²) >= 11 is 0. The number of esters is 1. The topological polar surface area (TPSA) is 167 Å². The molecular weight excluding hydrogens is 835 g/mol. The molecule has 14 heteroatoms. The highest BCUT2D eigenvalue weighted by atomic mass is 28.4. The number of hydrogen-bond acceptors (Lipinski definition) is 12. The van der Waals surface area contributed by atoms with Gasteiger partial charge in [0.15, 0.2) is 14.1 Å². The Morgan fingerprint density at radius 1 is 0.922 bits per heavy atom. The second-order valence-corrected chi connectivity index (χ2v) is 25.9. The number of hydrogen-bond donors (Lipinski definition) is 2. The fourth-order valence-electron chi connectivity index (χ4n) is 10.1. The molecule has 64 heavy (non-hydrogen) atoms. The fraction of sp³-hybridized carbons (Fsp3) is 0.800. The van der Waals surface area contributed by atoms with E-state index in [0.717, 1.165) is 5.57 Å². The maximum atomic E-state index is 14.8. The van der Waals surface area contributed by atoms with Crippen LogP contribution in [0.4, 0.5) is 0 Å². The Hall–Kier alpha value is -2.56. The Bertz CT molecular complexity index is 1690. The molecule has 0 spiro atoms. The first-order valence-corrected chi connectivity index (χ1v) is 26.8. The third-order valence-corrected chi connectivity index (χ3v) is 19.6. The molecule has 364 valence electrons. The number of piperidine rings is 1. The molecule has 4 aliphatic rings. The minimum absolute atomic E-state index is 0.0136. The van der Waals surface area contributed by atoms with Gasteiger partial charge in [0.25, 0.3) is 11.7 Å². The highest BCUT2D eigenvalue weighted by Gasteiger charge is 2.57. The van der Waals surface area contributed by atoms with Crippen molar-refractivity contribution in [2.75, 3.05) is 27.9 Å². The van der Waals surface area contributed by atoms with E-state index in [0.29, 0.717) is 56.9 Å². The monoisotopic (exact) mass is 918 g/mol. The summed E-state index contributed by atoms with van der Waals surface area (Å²) in [5.41, 5.74) is 1.39. The third-order valence-electron chi connectivity index (χ3n) is 15.1. The maximum Gasteiger partial charge on any atom is 0.329 e. The zero-order valence-electron chi connectivity index (χ0n) is 41.4. The Balaban J connectivity index is 1.90. The van der Waals surface area contributed by atoms with Crippen LogP contribution in [0.15, 0.2) is 36.0 Å². The number of carbonyl (C=O) groups excluding carboxylic acids is 4. The molecule has 0 radical (unpaired) electrons. The van der Waals surface area contributed by atoms with E-state index in [1.807, 2.05) is 19.9 Å². The van der Waals surface area contributed by atoms with E-state index in [1.165, 1.54) is 4.90 Å². The molecule has 3 aliphatic heterocycles. The van der Waals surface area contributed by atoms with E-state index >= 15 is 0 Å². The summed E-state index contributed by atoms with van der Waals surface area (Å²) in [5.74, 6) is -6.73. The van der Waals surface area contributed by atoms with E-state index in [-0.39, 0.29) is 60.5 Å². The van der Waals surface area contributed by atoms with Crippen LogP contribution in [0.3, 0.4) is 0 Å². The summed E-state index contributed by atoms with van der Waals surface area (Å²) in [6.07, 6.45) is 6.39. The average Bonchev–Trinajstić information content (AvgIpc) is 3.23. The quantitative estimate of drug-likeness (QED) is 0.100. The fourth-order valence-corrected chi connectivity index (χ4v) is 11.5. The molecular formula is C50H83NO12Si. The summed E-state index contributed by atoms with van der Waals surface area (Å²) in [5, 5.41) is 22.6. The van der Waals surface area contributed by atoms with Crippen molar-refractivity contribution in [2.45, 2.75) is 199 Å². The lowest BCUT2D eigenvalue weighted by Crippen LogP contribution is -2.64. The predicted molar refractivity (Wildman–Crippen MR) is 249 cm³/mol. The summed E-state index contributed by atoms with van der Waals surface area (Å²) < 4.78 is 37.6. The minimum atomic E-state index is -2.55. The largest absolute Gasteiger partial charge is 0.456 e. The lowest BCUT2D eigenvalue weighted by molar-refractivity contribution is -0.302. The lowest BCUT2D eigenvalue weighted by Gasteiger charge is -2.47. The van der Waals surface area contributed by atoms with Gasteiger partial charge in [-0.1, -0.05) is 66.7 Å². The number of ketones is 2. The van der Waals surface area contributed by atoms with Crippen LogP contribution < -0.4 is 0 Å². The summed E-state index contributed by atoms with van der Waals surface area (Å²) in [6, 6.07) is -1.12. The Morgan fingerprint density at radius 2 is 1.56 bits per heavy atom. The molecule has 4 rings (SSSR count). The van der Waals surface area contributed by atoms with Gasteiger partial charge >= 0.3 is 5.97 Å². The van der Waals surface area contributed by atoms with Gasteiger partial charge in [0.1, 0.15) is 18.2 Å². The van der Waals surface area contributed by atoms with Crippen LogP contribution in [0, 0.1) is 29.6 Å². The van der Waals surface area contributed by atoms with Crippen molar-refractivity contribution in [3.8, 4) is 0 Å². The SMILES string of the molecule is C=CC/C1=C\C(C)C[C@H](C)C[C@H](OC)[C@H]2O[C@@](O)(C(=O)C(=O)N3CCCC[C@H]3C(=O)O[C@H](C(C)=C[C@@H]3CC[C@@H](O)[C@H](OC)C3)[C@H](C)[C@@H](O[Si](C)(C)C(C)(C)C)CC1=O)[C@H](C)C[C@@H]2OC. The van der Waals surface area contributed by atoms with Crippen LogP contribution in [0.25, 0.3) is 0 Å². The van der Waals surface area contributed by atoms with Gasteiger partial charge in [0.05, 0.1) is 30.5 Å². The van der Waals surface area contributed by atoms with Crippen LogP contribution in [0.5, 0.6) is 0 Å². The molecule has 1 amide bonds. The second-order valence-electron chi connectivity index (χ2n) is 21.1. The smallest absolute Gasteiger partial charge is 0.329 e. The number of aliphatic hydroxyl groups excluding tert-OH is 1. The van der Waals surface area contributed by atoms with Gasteiger partial charge in [-0.3, -0.25) is 14.4 Å². The van der Waals surface area contributed by atoms with Crippen LogP contribution in [-0.2, 0) is 47.3 Å². The molecule has 0 aromatic heterocycles. The number of carbonyl (C=O) groups is 4. The molecule has 2 N–H and O–H groups in total. The number of aliphatic hydroxyl groups is 2. The van der Waals surface area contributed by atoms with Crippen LogP contribution >= 0.6 is 0 Å². The maximum absolute atomic E-state index is 14.8. The van der Waals surface area contributed by atoms with Crippen molar-refractivity contribution in [2.24, 2.45) is 29.6 Å². The molecule has 0 aromatic carbocycles. The van der Waals surface area contributed by atoms with Crippen molar-refractivity contribution in [3.05, 3.63) is 36.0 Å². The van der Waals surface area contributed by atoms with Crippen molar-refractivity contribution in [1.82, 2.24) is 4.90 Å². The van der Waals surface area contributed by atoms with Gasteiger partial charge in [-0.25, -0.2) is 4.79 Å². The third kappa shape index (κ3) is 12.9. The molecule has 1 saturated carbocycles. The zero-order chi connectivity index (χ0) is 47.9. The summed E-state index contributed by atoms with van der Waals surface area (Å²) in [7, 11) is 2.14. The van der Waals surface area contributed by atoms with Gasteiger partial charge in [-0.05, 0) is 118 Å². The number of fused-ring (bicyclic) bond motifs is 3. The number of amides is 1. The van der Waals surface area contributed by atoms with Gasteiger partial charge < -0.3 is 43.2 Å². The standard InChI is InChI=1S/C50H83NO12Si/c1-15-18-36-24-30(2)23-31(3)25-42(59-11)45-43(60-12)27-33(5)50(57,62-45)46(54)47(55)51-22-17-16-19-37(51)48(56)61-44(32(4)26-35-20-21-38(52)41(28-35)58-10)34(6)40(29-39(36)53)63-64(13,14)49(7,8)9/h15,24,26,30-31,33-35,37-38,40-45,52,57H,1,16-23,25,27-29H2,2-14H3/b32-26?,36-24+/t30?,31-,33+,34+,35-,37-,38+,40-,41+,42-,43-,44+,45+,50+/m0/s1. The Kier molecular flexibility index (Phi) is 19.4. The second kappa shape index (κ2) is 23.0. The van der Waals surface area contributed by atoms with Gasteiger partial charge in [-0.15, -0.1) is 6.58 Å². The number of rotatable bonds is 9. The van der Waals surface area contributed by atoms with E-state index in [2.05, 4.69) is 60.4 Å². The highest BCUT2D eigenvalue weighted by Crippen LogP contribution is 2.42. The first-order chi connectivity index (χ1) is 29.9. The number of ether oxygens (including phenoxy) is 5. The average molecular weight is 918 g/mol. The molecule has 1 aliphatic carbocycles. The minimum Gasteiger partial charge on any atom is -0.456 e. The van der Waals surface area contributed by atoms with Gasteiger partial charge in [-0.2, -0.15) is 0 Å². The Morgan fingerprint density at radius 3 is 2.17 bits per heavy atom.